The van der Waals surface area contributed by atoms with Crippen LogP contribution in [0.25, 0.3) is 0 Å². The monoisotopic (exact) mass is 1200 g/mol. The van der Waals surface area contributed by atoms with Crippen LogP contribution in [-0.2, 0) is 33.3 Å². The van der Waals surface area contributed by atoms with Gasteiger partial charge in [0.15, 0.2) is 0 Å². The maximum absolute atomic E-state index is 12.7. The molecule has 6 rings (SSSR count). The number of carbonyl (C=O) groups excluding carboxylic acids is 7. The number of ether oxygens (including phenoxy) is 12. The van der Waals surface area contributed by atoms with Crippen LogP contribution in [0.1, 0.15) is 91.1 Å². The van der Waals surface area contributed by atoms with Gasteiger partial charge in [0.05, 0.1) is 75.1 Å². The Morgan fingerprint density at radius 2 is 0.580 bits per heavy atom. The normalized spacial score (nSPS) is 10.2. The maximum atomic E-state index is 12.7. The summed E-state index contributed by atoms with van der Waals surface area (Å²) >= 11 is 0. The third kappa shape index (κ3) is 24.9. The fraction of sp³-hybridized carbons (Fsp3) is 0.232. The van der Waals surface area contributed by atoms with Crippen LogP contribution >= 0.6 is 0 Å². The lowest BCUT2D eigenvalue weighted by Gasteiger charge is -2.11. The number of benzene rings is 6. The van der Waals surface area contributed by atoms with Crippen LogP contribution in [0.4, 0.5) is 0 Å². The quantitative estimate of drug-likeness (QED) is 0.00685. The van der Waals surface area contributed by atoms with E-state index in [4.69, 9.17) is 56.8 Å². The van der Waals surface area contributed by atoms with E-state index in [0.717, 1.165) is 31.1 Å². The first-order chi connectivity index (χ1) is 42.6. The molecule has 0 aliphatic heterocycles. The Morgan fingerprint density at radius 3 is 0.875 bits per heavy atom. The molecule has 460 valence electrons. The molecule has 19 heteroatoms. The van der Waals surface area contributed by atoms with Crippen LogP contribution < -0.4 is 37.9 Å². The SMILES string of the molecule is C=CC(=C)OCCCCOc1ccc(C(=O)Oc2ccc(OC(=O)c3ccc(OCCCCOC(=O)C=C)cc3)c(C)c2)cc1.C=CC(=O)OCCCOc1ccc(C(=O)Oc2ccc(OC(=O)c3ccc(OCCCOC(=O)C=C)cc3)c(C)c2)cc1. The molecule has 6 aromatic carbocycles. The Bertz CT molecular complexity index is 3330. The van der Waals surface area contributed by atoms with Crippen LogP contribution in [0.2, 0.25) is 0 Å². The van der Waals surface area contributed by atoms with Crippen molar-refractivity contribution in [1.29, 1.82) is 0 Å². The van der Waals surface area contributed by atoms with Gasteiger partial charge in [0, 0.05) is 31.1 Å². The summed E-state index contributed by atoms with van der Waals surface area (Å²) in [6.45, 7) is 23.7. The fourth-order valence-corrected chi connectivity index (χ4v) is 7.24. The van der Waals surface area contributed by atoms with Gasteiger partial charge in [-0.1, -0.05) is 32.9 Å². The lowest BCUT2D eigenvalue weighted by Crippen LogP contribution is -2.11. The van der Waals surface area contributed by atoms with Crippen molar-refractivity contribution in [3.8, 4) is 46.0 Å². The molecule has 0 atom stereocenters. The average molecular weight is 1200 g/mol. The third-order valence-electron chi connectivity index (χ3n) is 12.0. The molecule has 0 radical (unpaired) electrons. The molecule has 6 aromatic rings. The highest BCUT2D eigenvalue weighted by atomic mass is 16.6. The van der Waals surface area contributed by atoms with Crippen LogP contribution in [-0.4, -0.2) is 94.6 Å². The van der Waals surface area contributed by atoms with E-state index in [2.05, 4.69) is 32.9 Å². The number of esters is 7. The van der Waals surface area contributed by atoms with Crippen molar-refractivity contribution in [1.82, 2.24) is 0 Å². The predicted octanol–water partition coefficient (Wildman–Crippen LogP) is 12.6. The molecule has 88 heavy (non-hydrogen) atoms. The first-order valence-corrected chi connectivity index (χ1v) is 27.9. The molecule has 0 aromatic heterocycles. The highest BCUT2D eigenvalue weighted by molar-refractivity contribution is 5.93. The van der Waals surface area contributed by atoms with Crippen molar-refractivity contribution in [2.75, 3.05) is 52.9 Å². The van der Waals surface area contributed by atoms with Crippen molar-refractivity contribution in [3.63, 3.8) is 0 Å². The van der Waals surface area contributed by atoms with Crippen molar-refractivity contribution >= 4 is 41.8 Å². The summed E-state index contributed by atoms with van der Waals surface area (Å²) in [5.41, 5.74) is 2.58. The molecule has 0 amide bonds. The van der Waals surface area contributed by atoms with Gasteiger partial charge in [-0.3, -0.25) is 0 Å². The Hall–Kier alpha value is -10.7. The molecule has 0 aliphatic carbocycles. The highest BCUT2D eigenvalue weighted by Crippen LogP contribution is 2.28. The number of carbonyl (C=O) groups is 7. The van der Waals surface area contributed by atoms with E-state index in [1.807, 2.05) is 0 Å². The van der Waals surface area contributed by atoms with Gasteiger partial charge in [-0.25, -0.2) is 33.6 Å². The first-order valence-electron chi connectivity index (χ1n) is 27.9. The molecule has 0 fully saturated rings. The van der Waals surface area contributed by atoms with Gasteiger partial charge in [0.1, 0.15) is 51.8 Å². The second-order valence-electron chi connectivity index (χ2n) is 18.7. The first kappa shape index (κ1) is 68.1. The minimum atomic E-state index is -0.563. The van der Waals surface area contributed by atoms with E-state index >= 15 is 0 Å². The van der Waals surface area contributed by atoms with Crippen molar-refractivity contribution in [3.05, 3.63) is 230 Å². The van der Waals surface area contributed by atoms with E-state index in [0.29, 0.717) is 145 Å². The van der Waals surface area contributed by atoms with Gasteiger partial charge in [-0.2, -0.15) is 0 Å². The second kappa shape index (κ2) is 37.6. The molecular formula is C69H70O19. The molecule has 0 N–H and O–H groups in total. The van der Waals surface area contributed by atoms with E-state index in [1.165, 1.54) is 6.07 Å². The van der Waals surface area contributed by atoms with E-state index in [1.54, 1.807) is 147 Å². The molecule has 0 saturated heterocycles. The fourth-order valence-electron chi connectivity index (χ4n) is 7.24. The zero-order chi connectivity index (χ0) is 63.5. The molecular weight excluding hydrogens is 1130 g/mol. The van der Waals surface area contributed by atoms with Gasteiger partial charge in [0.25, 0.3) is 0 Å². The maximum Gasteiger partial charge on any atom is 0.343 e. The molecule has 0 spiro atoms. The minimum absolute atomic E-state index is 0.218. The zero-order valence-corrected chi connectivity index (χ0v) is 49.2. The van der Waals surface area contributed by atoms with Gasteiger partial charge in [-0.05, 0) is 190 Å². The molecule has 0 bridgehead atoms. The van der Waals surface area contributed by atoms with Crippen LogP contribution in [0.5, 0.6) is 46.0 Å². The zero-order valence-electron chi connectivity index (χ0n) is 49.2. The van der Waals surface area contributed by atoms with E-state index < -0.39 is 41.8 Å². The molecule has 0 saturated carbocycles. The second-order valence-corrected chi connectivity index (χ2v) is 18.7. The molecule has 0 heterocycles. The number of hydrogen-bond donors (Lipinski definition) is 0. The summed E-state index contributed by atoms with van der Waals surface area (Å²) in [5, 5.41) is 0. The van der Waals surface area contributed by atoms with Crippen LogP contribution in [0.15, 0.2) is 196 Å². The average Bonchev–Trinajstić information content (AvgIpc) is 3.74. The lowest BCUT2D eigenvalue weighted by molar-refractivity contribution is -0.138. The summed E-state index contributed by atoms with van der Waals surface area (Å²) in [5.74, 6) is 0.587. The number of allylic oxidation sites excluding steroid dienone is 1. The van der Waals surface area contributed by atoms with Gasteiger partial charge in [-0.15, -0.1) is 0 Å². The van der Waals surface area contributed by atoms with Gasteiger partial charge < -0.3 is 56.8 Å². The van der Waals surface area contributed by atoms with Crippen molar-refractivity contribution < 1.29 is 90.4 Å². The topological polar surface area (TPSA) is 230 Å². The Labute approximate surface area is 511 Å². The molecule has 19 nitrogen and oxygen atoms in total. The lowest BCUT2D eigenvalue weighted by atomic mass is 10.2. The number of aryl methyl sites for hydroxylation is 2. The van der Waals surface area contributed by atoms with Gasteiger partial charge in [0.2, 0.25) is 0 Å². The smallest absolute Gasteiger partial charge is 0.343 e. The molecule has 0 aliphatic rings. The summed E-state index contributed by atoms with van der Waals surface area (Å²) in [6.07, 6.45) is 8.89. The summed E-state index contributed by atoms with van der Waals surface area (Å²) in [7, 11) is 0. The van der Waals surface area contributed by atoms with Crippen molar-refractivity contribution in [2.45, 2.75) is 52.4 Å². The largest absolute Gasteiger partial charge is 0.494 e. The van der Waals surface area contributed by atoms with E-state index in [9.17, 15) is 33.6 Å². The van der Waals surface area contributed by atoms with Crippen LogP contribution in [0, 0.1) is 13.8 Å². The van der Waals surface area contributed by atoms with E-state index in [-0.39, 0.29) is 19.0 Å². The van der Waals surface area contributed by atoms with Crippen LogP contribution in [0.3, 0.4) is 0 Å². The standard InChI is InChI=1S/C36H38O9.C33H32O10/c1-5-27(4)40-21-7-8-22-41-30-15-11-28(12-16-30)35(38)44-32-19-20-33(26(3)25-32)45-36(39)29-13-17-31(18-14-29)42-23-9-10-24-43-34(37)6-2;1-4-30(34)40-20-6-18-38-26-12-8-24(9-13-26)32(36)42-28-16-17-29(23(3)22-28)43-33(37)25-10-14-27(15-11-25)39-19-7-21-41-31(35)5-2/h5-6,11-20,25H,1-2,4,7-10,21-24H2,3H3;4-5,8-17,22H,1-2,6-7,18-21H2,3H3. The predicted molar refractivity (Wildman–Crippen MR) is 326 cm³/mol. The number of unbranched alkanes of at least 4 members (excludes halogenated alkanes) is 2. The highest BCUT2D eigenvalue weighted by Gasteiger charge is 2.17. The van der Waals surface area contributed by atoms with Gasteiger partial charge >= 0.3 is 41.8 Å². The minimum Gasteiger partial charge on any atom is -0.494 e. The third-order valence-corrected chi connectivity index (χ3v) is 12.0. The summed E-state index contributed by atoms with van der Waals surface area (Å²) in [6, 6.07) is 35.6. The summed E-state index contributed by atoms with van der Waals surface area (Å²) < 4.78 is 64.6. The Kier molecular flexibility index (Phi) is 29.1. The molecule has 0 unspecified atom stereocenters. The number of hydrogen-bond acceptors (Lipinski definition) is 19. The number of rotatable bonds is 35. The summed E-state index contributed by atoms with van der Waals surface area (Å²) in [4.78, 5) is 83.7. The Morgan fingerprint density at radius 1 is 0.318 bits per heavy atom. The van der Waals surface area contributed by atoms with Crippen molar-refractivity contribution in [2.24, 2.45) is 0 Å². The Balaban J connectivity index is 0.000000321.